The monoisotopic (exact) mass is 343 g/mol. The van der Waals surface area contributed by atoms with Gasteiger partial charge in [0.2, 0.25) is 5.91 Å². The van der Waals surface area contributed by atoms with E-state index in [2.05, 4.69) is 5.32 Å². The van der Waals surface area contributed by atoms with E-state index in [-0.39, 0.29) is 11.3 Å². The number of carbonyl (C=O) groups is 1. The summed E-state index contributed by atoms with van der Waals surface area (Å²) in [5.74, 6) is -1.28. The number of carbonyl (C=O) groups excluding carboxylic acids is 1. The van der Waals surface area contributed by atoms with Crippen LogP contribution >= 0.6 is 11.6 Å². The summed E-state index contributed by atoms with van der Waals surface area (Å²) in [4.78, 5) is 11.7. The lowest BCUT2D eigenvalue weighted by Gasteiger charge is -2.09. The molecule has 0 aliphatic heterocycles. The molecule has 0 aliphatic carbocycles. The fourth-order valence-corrected chi connectivity index (χ4v) is 2.00. The van der Waals surface area contributed by atoms with Crippen LogP contribution in [0, 0.1) is 5.82 Å². The quantitative estimate of drug-likeness (QED) is 0.606. The lowest BCUT2D eigenvalue weighted by molar-refractivity contribution is -0.137. The Balaban J connectivity index is 2.14. The molecule has 0 saturated heterocycles. The smallest absolute Gasteiger partial charge is 0.320 e. The van der Waals surface area contributed by atoms with E-state index in [4.69, 9.17) is 11.6 Å². The minimum absolute atomic E-state index is 0.0192. The maximum Gasteiger partial charge on any atom is 0.417 e. The van der Waals surface area contributed by atoms with Crippen LogP contribution in [0.4, 0.5) is 23.2 Å². The number of amides is 1. The molecule has 0 aliphatic rings. The van der Waals surface area contributed by atoms with Crippen molar-refractivity contribution in [3.8, 4) is 0 Å². The zero-order valence-corrected chi connectivity index (χ0v) is 12.3. The number of halogens is 5. The minimum Gasteiger partial charge on any atom is -0.320 e. The second kappa shape index (κ2) is 6.83. The average molecular weight is 344 g/mol. The molecular weight excluding hydrogens is 334 g/mol. The van der Waals surface area contributed by atoms with Gasteiger partial charge in [-0.15, -0.1) is 0 Å². The van der Waals surface area contributed by atoms with Gasteiger partial charge in [-0.25, -0.2) is 4.39 Å². The van der Waals surface area contributed by atoms with Crippen molar-refractivity contribution in [1.82, 2.24) is 0 Å². The lowest BCUT2D eigenvalue weighted by atomic mass is 10.1. The fraction of sp³-hybridized carbons (Fsp3) is 0.0625. The van der Waals surface area contributed by atoms with E-state index < -0.39 is 28.5 Å². The number of hydrogen-bond donors (Lipinski definition) is 1. The maximum atomic E-state index is 13.4. The van der Waals surface area contributed by atoms with Gasteiger partial charge in [0, 0.05) is 6.08 Å². The second-order valence-corrected chi connectivity index (χ2v) is 4.95. The van der Waals surface area contributed by atoms with Crippen molar-refractivity contribution in [1.29, 1.82) is 0 Å². The fourth-order valence-electron chi connectivity index (χ4n) is 1.77. The van der Waals surface area contributed by atoms with Crippen molar-refractivity contribution in [2.45, 2.75) is 6.18 Å². The van der Waals surface area contributed by atoms with Crippen molar-refractivity contribution in [2.75, 3.05) is 5.32 Å². The molecular formula is C16H10ClF4NO. The summed E-state index contributed by atoms with van der Waals surface area (Å²) in [7, 11) is 0. The highest BCUT2D eigenvalue weighted by molar-refractivity contribution is 6.31. The first-order valence-corrected chi connectivity index (χ1v) is 6.75. The lowest BCUT2D eigenvalue weighted by Crippen LogP contribution is -2.09. The molecule has 2 nitrogen and oxygen atoms in total. The molecule has 2 aromatic carbocycles. The van der Waals surface area contributed by atoms with Gasteiger partial charge in [0.05, 0.1) is 16.3 Å². The third kappa shape index (κ3) is 4.56. The van der Waals surface area contributed by atoms with Gasteiger partial charge in [-0.2, -0.15) is 13.2 Å². The Labute approximate surface area is 134 Å². The SMILES string of the molecule is O=C(C=Cc1ccc(Cl)c(C(F)(F)F)c1)Nc1ccccc1F. The van der Waals surface area contributed by atoms with Crippen LogP contribution in [-0.2, 0) is 11.0 Å². The Morgan fingerprint density at radius 2 is 1.83 bits per heavy atom. The van der Waals surface area contributed by atoms with Crippen LogP contribution in [0.15, 0.2) is 48.5 Å². The molecule has 120 valence electrons. The first kappa shape index (κ1) is 17.0. The summed E-state index contributed by atoms with van der Waals surface area (Å²) in [6.07, 6.45) is -2.39. The van der Waals surface area contributed by atoms with Gasteiger partial charge in [-0.3, -0.25) is 4.79 Å². The highest BCUT2D eigenvalue weighted by Crippen LogP contribution is 2.35. The molecule has 0 fully saturated rings. The van der Waals surface area contributed by atoms with Crippen LogP contribution in [0.1, 0.15) is 11.1 Å². The van der Waals surface area contributed by atoms with Crippen LogP contribution in [0.5, 0.6) is 0 Å². The molecule has 0 atom stereocenters. The van der Waals surface area contributed by atoms with E-state index in [9.17, 15) is 22.4 Å². The van der Waals surface area contributed by atoms with Crippen molar-refractivity contribution in [2.24, 2.45) is 0 Å². The standard InChI is InChI=1S/C16H10ClF4NO/c17-12-7-5-10(9-11(12)16(19,20)21)6-8-15(23)22-14-4-2-1-3-13(14)18/h1-9H,(H,22,23). The number of benzene rings is 2. The van der Waals surface area contributed by atoms with Crippen molar-refractivity contribution in [3.05, 3.63) is 70.5 Å². The second-order valence-electron chi connectivity index (χ2n) is 4.54. The Hall–Kier alpha value is -2.34. The molecule has 2 aromatic rings. The maximum absolute atomic E-state index is 13.4. The first-order valence-electron chi connectivity index (χ1n) is 6.38. The number of alkyl halides is 3. The van der Waals surface area contributed by atoms with Gasteiger partial charge in [-0.05, 0) is 35.9 Å². The molecule has 0 spiro atoms. The average Bonchev–Trinajstić information content (AvgIpc) is 2.47. The molecule has 0 saturated carbocycles. The molecule has 1 N–H and O–H groups in total. The topological polar surface area (TPSA) is 29.1 Å². The highest BCUT2D eigenvalue weighted by Gasteiger charge is 2.33. The van der Waals surface area contributed by atoms with Crippen molar-refractivity contribution >= 4 is 29.3 Å². The zero-order chi connectivity index (χ0) is 17.0. The summed E-state index contributed by atoms with van der Waals surface area (Å²) in [6, 6.07) is 8.81. The van der Waals surface area contributed by atoms with Gasteiger partial charge in [0.15, 0.2) is 0 Å². The van der Waals surface area contributed by atoms with E-state index >= 15 is 0 Å². The molecule has 2 rings (SSSR count). The predicted molar refractivity (Wildman–Crippen MR) is 80.5 cm³/mol. The number of rotatable bonds is 3. The third-order valence-corrected chi connectivity index (χ3v) is 3.18. The molecule has 1 amide bonds. The van der Waals surface area contributed by atoms with E-state index in [0.29, 0.717) is 0 Å². The van der Waals surface area contributed by atoms with Crippen LogP contribution in [0.2, 0.25) is 5.02 Å². The zero-order valence-electron chi connectivity index (χ0n) is 11.5. The number of anilines is 1. The summed E-state index contributed by atoms with van der Waals surface area (Å²) in [5, 5.41) is 1.86. The van der Waals surface area contributed by atoms with Gasteiger partial charge in [0.1, 0.15) is 5.82 Å². The van der Waals surface area contributed by atoms with Gasteiger partial charge < -0.3 is 5.32 Å². The Morgan fingerprint density at radius 3 is 2.48 bits per heavy atom. The highest BCUT2D eigenvalue weighted by atomic mass is 35.5. The Kier molecular flexibility index (Phi) is 5.05. The minimum atomic E-state index is -4.59. The Morgan fingerprint density at radius 1 is 1.13 bits per heavy atom. The number of hydrogen-bond acceptors (Lipinski definition) is 1. The summed E-state index contributed by atoms with van der Waals surface area (Å²) < 4.78 is 51.6. The van der Waals surface area contributed by atoms with E-state index in [1.165, 1.54) is 36.4 Å². The third-order valence-electron chi connectivity index (χ3n) is 2.85. The summed E-state index contributed by atoms with van der Waals surface area (Å²) >= 11 is 5.50. The van der Waals surface area contributed by atoms with Gasteiger partial charge in [0.25, 0.3) is 0 Å². The largest absolute Gasteiger partial charge is 0.417 e. The van der Waals surface area contributed by atoms with Crippen LogP contribution in [0.25, 0.3) is 6.08 Å². The molecule has 0 unspecified atom stereocenters. The molecule has 0 radical (unpaired) electrons. The number of para-hydroxylation sites is 1. The first-order chi connectivity index (χ1) is 10.8. The van der Waals surface area contributed by atoms with E-state index in [1.54, 1.807) is 0 Å². The summed E-state index contributed by atoms with van der Waals surface area (Å²) in [6.45, 7) is 0. The van der Waals surface area contributed by atoms with Gasteiger partial charge in [-0.1, -0.05) is 29.8 Å². The normalized spacial score (nSPS) is 11.7. The molecule has 0 heterocycles. The van der Waals surface area contributed by atoms with Crippen LogP contribution in [0.3, 0.4) is 0 Å². The molecule has 0 aromatic heterocycles. The van der Waals surface area contributed by atoms with Gasteiger partial charge >= 0.3 is 6.18 Å². The van der Waals surface area contributed by atoms with E-state index in [0.717, 1.165) is 18.2 Å². The number of nitrogens with one attached hydrogen (secondary N) is 1. The van der Waals surface area contributed by atoms with Crippen LogP contribution in [-0.4, -0.2) is 5.91 Å². The Bertz CT molecular complexity index is 756. The predicted octanol–water partition coefficient (Wildman–Crippen LogP) is 5.15. The van der Waals surface area contributed by atoms with E-state index in [1.807, 2.05) is 0 Å². The van der Waals surface area contributed by atoms with Crippen molar-refractivity contribution in [3.63, 3.8) is 0 Å². The molecule has 23 heavy (non-hydrogen) atoms. The van der Waals surface area contributed by atoms with Crippen molar-refractivity contribution < 1.29 is 22.4 Å². The molecule has 0 bridgehead atoms. The van der Waals surface area contributed by atoms with Crippen LogP contribution < -0.4 is 5.32 Å². The molecule has 7 heteroatoms. The summed E-state index contributed by atoms with van der Waals surface area (Å²) in [5.41, 5.74) is -0.865.